The Balaban J connectivity index is 1.48. The lowest BCUT2D eigenvalue weighted by molar-refractivity contribution is 0.596. The SMILES string of the molecule is CCCCc1ccc2c(c1)N(c1ccc(C(CC)CCC)cc1)c1cc(C)cc3c1B2c1ccccc1N3c1ccccc1. The van der Waals surface area contributed by atoms with Crippen molar-refractivity contribution in [2.24, 2.45) is 0 Å². The van der Waals surface area contributed by atoms with E-state index in [4.69, 9.17) is 0 Å². The first kappa shape index (κ1) is 28.5. The molecule has 0 amide bonds. The van der Waals surface area contributed by atoms with Gasteiger partial charge >= 0.3 is 0 Å². The van der Waals surface area contributed by atoms with Crippen LogP contribution in [0.5, 0.6) is 0 Å². The van der Waals surface area contributed by atoms with Gasteiger partial charge < -0.3 is 9.80 Å². The number of unbranched alkanes of at least 4 members (excludes halogenated alkanes) is 1. The number of hydrogen-bond donors (Lipinski definition) is 0. The lowest BCUT2D eigenvalue weighted by Crippen LogP contribution is -2.61. The lowest BCUT2D eigenvalue weighted by Gasteiger charge is -2.44. The van der Waals surface area contributed by atoms with Gasteiger partial charge in [0, 0.05) is 34.1 Å². The van der Waals surface area contributed by atoms with Gasteiger partial charge in [0.15, 0.2) is 0 Å². The molecule has 0 N–H and O–H groups in total. The van der Waals surface area contributed by atoms with E-state index in [1.165, 1.54) is 99.3 Å². The molecule has 2 heterocycles. The molecule has 0 spiro atoms. The first-order valence-corrected chi connectivity index (χ1v) is 16.7. The molecule has 0 aromatic heterocycles. The van der Waals surface area contributed by atoms with Gasteiger partial charge in [-0.05, 0) is 120 Å². The Labute approximate surface area is 264 Å². The number of anilines is 6. The van der Waals surface area contributed by atoms with Gasteiger partial charge in [-0.3, -0.25) is 0 Å². The highest BCUT2D eigenvalue weighted by molar-refractivity contribution is 7.00. The Hall–Kier alpha value is -4.24. The summed E-state index contributed by atoms with van der Waals surface area (Å²) in [5, 5.41) is 0. The van der Waals surface area contributed by atoms with E-state index in [0.717, 1.165) is 6.42 Å². The van der Waals surface area contributed by atoms with Crippen molar-refractivity contribution in [1.29, 1.82) is 0 Å². The number of hydrogen-bond acceptors (Lipinski definition) is 2. The summed E-state index contributed by atoms with van der Waals surface area (Å²) < 4.78 is 0. The largest absolute Gasteiger partial charge is 0.311 e. The molecule has 0 radical (unpaired) electrons. The van der Waals surface area contributed by atoms with Crippen molar-refractivity contribution in [2.75, 3.05) is 9.80 Å². The van der Waals surface area contributed by atoms with Gasteiger partial charge in [-0.1, -0.05) is 94.3 Å². The van der Waals surface area contributed by atoms with E-state index in [-0.39, 0.29) is 6.71 Å². The molecule has 5 aromatic carbocycles. The van der Waals surface area contributed by atoms with Crippen molar-refractivity contribution in [3.05, 3.63) is 126 Å². The smallest absolute Gasteiger partial charge is 0.252 e. The molecule has 0 fully saturated rings. The molecule has 7 rings (SSSR count). The topological polar surface area (TPSA) is 6.48 Å². The molecular weight excluding hydrogens is 531 g/mol. The zero-order valence-corrected chi connectivity index (χ0v) is 26.7. The van der Waals surface area contributed by atoms with E-state index in [0.29, 0.717) is 5.92 Å². The van der Waals surface area contributed by atoms with Crippen LogP contribution in [0.4, 0.5) is 34.1 Å². The van der Waals surface area contributed by atoms with Gasteiger partial charge in [0.05, 0.1) is 0 Å². The number of fused-ring (bicyclic) bond motifs is 4. The maximum Gasteiger partial charge on any atom is 0.252 e. The summed E-state index contributed by atoms with van der Waals surface area (Å²) >= 11 is 0. The average molecular weight is 575 g/mol. The van der Waals surface area contributed by atoms with Crippen LogP contribution in [-0.4, -0.2) is 6.71 Å². The van der Waals surface area contributed by atoms with Crippen LogP contribution >= 0.6 is 0 Å². The highest BCUT2D eigenvalue weighted by Crippen LogP contribution is 2.44. The molecule has 0 bridgehead atoms. The van der Waals surface area contributed by atoms with Crippen LogP contribution in [0.15, 0.2) is 109 Å². The van der Waals surface area contributed by atoms with Crippen LogP contribution in [-0.2, 0) is 6.42 Å². The molecule has 0 aliphatic carbocycles. The first-order chi connectivity index (χ1) is 21.6. The fraction of sp³-hybridized carbons (Fsp3) is 0.268. The fourth-order valence-corrected chi connectivity index (χ4v) is 7.65. The average Bonchev–Trinajstić information content (AvgIpc) is 3.06. The van der Waals surface area contributed by atoms with Crippen LogP contribution in [0.1, 0.15) is 75.5 Å². The third kappa shape index (κ3) is 4.83. The standard InChI is InChI=1S/C41H43BN2/c1-5-8-15-30-20-25-36-38(28-30)44(34-23-21-32(22-24-34)31(7-3)14-6-2)40-27-29(4)26-39-41(40)42(36)35-18-12-13-19-37(35)43(39)33-16-10-9-11-17-33/h9-13,16-28,31H,5-8,14-15H2,1-4H3. The van der Waals surface area contributed by atoms with Crippen LogP contribution in [0.2, 0.25) is 0 Å². The molecule has 1 unspecified atom stereocenters. The predicted octanol–water partition coefficient (Wildman–Crippen LogP) is 9.71. The van der Waals surface area contributed by atoms with E-state index >= 15 is 0 Å². The summed E-state index contributed by atoms with van der Waals surface area (Å²) in [5.41, 5.74) is 15.9. The summed E-state index contributed by atoms with van der Waals surface area (Å²) in [7, 11) is 0. The van der Waals surface area contributed by atoms with E-state index < -0.39 is 0 Å². The number of para-hydroxylation sites is 2. The minimum absolute atomic E-state index is 0.177. The molecule has 5 aromatic rings. The van der Waals surface area contributed by atoms with Crippen molar-refractivity contribution in [3.8, 4) is 0 Å². The van der Waals surface area contributed by atoms with Crippen molar-refractivity contribution in [2.45, 2.75) is 72.1 Å². The fourth-order valence-electron chi connectivity index (χ4n) is 7.65. The first-order valence-electron chi connectivity index (χ1n) is 16.7. The monoisotopic (exact) mass is 574 g/mol. The highest BCUT2D eigenvalue weighted by atomic mass is 15.2. The maximum atomic E-state index is 2.56. The minimum Gasteiger partial charge on any atom is -0.311 e. The molecule has 44 heavy (non-hydrogen) atoms. The maximum absolute atomic E-state index is 2.56. The normalized spacial score (nSPS) is 13.8. The molecule has 1 atom stereocenters. The molecule has 2 aliphatic heterocycles. The summed E-state index contributed by atoms with van der Waals surface area (Å²) in [6, 6.07) is 41.6. The van der Waals surface area contributed by atoms with Crippen molar-refractivity contribution < 1.29 is 0 Å². The Kier molecular flexibility index (Phi) is 7.81. The molecular formula is C41H43BN2. The second-order valence-corrected chi connectivity index (χ2v) is 12.7. The highest BCUT2D eigenvalue weighted by Gasteiger charge is 2.43. The van der Waals surface area contributed by atoms with Crippen molar-refractivity contribution in [1.82, 2.24) is 0 Å². The van der Waals surface area contributed by atoms with Crippen LogP contribution < -0.4 is 26.2 Å². The Morgan fingerprint density at radius 3 is 1.98 bits per heavy atom. The van der Waals surface area contributed by atoms with Crippen molar-refractivity contribution in [3.63, 3.8) is 0 Å². The van der Waals surface area contributed by atoms with Crippen molar-refractivity contribution >= 4 is 57.2 Å². The summed E-state index contributed by atoms with van der Waals surface area (Å²) in [4.78, 5) is 5.05. The molecule has 0 saturated carbocycles. The number of aryl methyl sites for hydroxylation is 2. The Bertz CT molecular complexity index is 1780. The van der Waals surface area contributed by atoms with E-state index in [1.807, 2.05) is 0 Å². The van der Waals surface area contributed by atoms with E-state index in [9.17, 15) is 0 Å². The van der Waals surface area contributed by atoms with Gasteiger partial charge in [0.2, 0.25) is 0 Å². The summed E-state index contributed by atoms with van der Waals surface area (Å²) in [6.07, 6.45) is 7.17. The number of nitrogens with zero attached hydrogens (tertiary/aromatic N) is 2. The van der Waals surface area contributed by atoms with Crippen LogP contribution in [0.25, 0.3) is 0 Å². The third-order valence-electron chi connectivity index (χ3n) is 9.77. The van der Waals surface area contributed by atoms with Crippen LogP contribution in [0.3, 0.4) is 0 Å². The van der Waals surface area contributed by atoms with E-state index in [1.54, 1.807) is 0 Å². The minimum atomic E-state index is 0.177. The third-order valence-corrected chi connectivity index (χ3v) is 9.77. The summed E-state index contributed by atoms with van der Waals surface area (Å²) in [6.45, 7) is 9.33. The van der Waals surface area contributed by atoms with Gasteiger partial charge in [-0.2, -0.15) is 0 Å². The second-order valence-electron chi connectivity index (χ2n) is 12.7. The number of rotatable bonds is 9. The molecule has 3 heteroatoms. The number of benzene rings is 5. The Morgan fingerprint density at radius 2 is 1.27 bits per heavy atom. The van der Waals surface area contributed by atoms with Gasteiger partial charge in [0.25, 0.3) is 6.71 Å². The zero-order valence-electron chi connectivity index (χ0n) is 26.7. The predicted molar refractivity (Wildman–Crippen MR) is 192 cm³/mol. The zero-order chi connectivity index (χ0) is 30.2. The molecule has 2 nitrogen and oxygen atoms in total. The molecule has 2 aliphatic rings. The molecule has 0 saturated heterocycles. The summed E-state index contributed by atoms with van der Waals surface area (Å²) in [5.74, 6) is 0.621. The van der Waals surface area contributed by atoms with Crippen LogP contribution in [0, 0.1) is 6.92 Å². The lowest BCUT2D eigenvalue weighted by atomic mass is 9.33. The van der Waals surface area contributed by atoms with Gasteiger partial charge in [-0.15, -0.1) is 0 Å². The van der Waals surface area contributed by atoms with E-state index in [2.05, 4.69) is 147 Å². The van der Waals surface area contributed by atoms with Gasteiger partial charge in [0.1, 0.15) is 0 Å². The van der Waals surface area contributed by atoms with Gasteiger partial charge in [-0.25, -0.2) is 0 Å². The quantitative estimate of drug-likeness (QED) is 0.158. The molecule has 220 valence electrons. The Morgan fingerprint density at radius 1 is 0.614 bits per heavy atom. The second kappa shape index (κ2) is 12.0.